The summed E-state index contributed by atoms with van der Waals surface area (Å²) in [5.41, 5.74) is 0.895. The number of hydrogen-bond donors (Lipinski definition) is 4. The Bertz CT molecular complexity index is 591. The summed E-state index contributed by atoms with van der Waals surface area (Å²) in [5, 5.41) is 22.3. The van der Waals surface area contributed by atoms with Gasteiger partial charge in [-0.15, -0.1) is 0 Å². The van der Waals surface area contributed by atoms with E-state index in [9.17, 15) is 14.4 Å². The topological polar surface area (TPSA) is 116 Å². The molecular weight excluding hydrogens is 323 g/mol. The van der Waals surface area contributed by atoms with E-state index < -0.39 is 30.4 Å². The zero-order chi connectivity index (χ0) is 16.2. The van der Waals surface area contributed by atoms with Gasteiger partial charge in [0.05, 0.1) is 17.1 Å². The standard InChI is InChI=1S/C12H12Cl2N2O5/c1-5-2-7(14)8(3-6(5)13)15-12(21)16-9(11(19)20)4-10(17)18/h2-3,9H,4H2,1H3,(H,17,18)(H,19,20)(H2,15,16,21)/t9-/m1/s1. The number of halogens is 2. The van der Waals surface area contributed by atoms with Gasteiger partial charge in [-0.2, -0.15) is 0 Å². The second-order valence-electron chi connectivity index (χ2n) is 4.17. The lowest BCUT2D eigenvalue weighted by Crippen LogP contribution is -2.44. The van der Waals surface area contributed by atoms with Crippen molar-refractivity contribution in [1.82, 2.24) is 5.32 Å². The molecule has 1 aromatic carbocycles. The molecule has 0 fully saturated rings. The highest BCUT2D eigenvalue weighted by Gasteiger charge is 2.23. The van der Waals surface area contributed by atoms with Crippen LogP contribution in [0.2, 0.25) is 10.0 Å². The maximum atomic E-state index is 11.7. The molecule has 21 heavy (non-hydrogen) atoms. The first-order valence-electron chi connectivity index (χ1n) is 5.68. The van der Waals surface area contributed by atoms with Crippen molar-refractivity contribution >= 4 is 46.9 Å². The largest absolute Gasteiger partial charge is 0.481 e. The average Bonchev–Trinajstić information content (AvgIpc) is 2.34. The predicted octanol–water partition coefficient (Wildman–Crippen LogP) is 2.35. The number of aliphatic carboxylic acids is 2. The Balaban J connectivity index is 2.79. The summed E-state index contributed by atoms with van der Waals surface area (Å²) >= 11 is 11.8. The first kappa shape index (κ1) is 17.1. The van der Waals surface area contributed by atoms with Gasteiger partial charge in [0.15, 0.2) is 0 Å². The van der Waals surface area contributed by atoms with Gasteiger partial charge in [-0.25, -0.2) is 9.59 Å². The summed E-state index contributed by atoms with van der Waals surface area (Å²) in [5.74, 6) is -2.81. The Morgan fingerprint density at radius 2 is 1.81 bits per heavy atom. The Labute approximate surface area is 129 Å². The quantitative estimate of drug-likeness (QED) is 0.659. The molecule has 1 aromatic rings. The number of carbonyl (C=O) groups is 3. The number of hydrogen-bond acceptors (Lipinski definition) is 3. The molecule has 9 heteroatoms. The maximum Gasteiger partial charge on any atom is 0.326 e. The van der Waals surface area contributed by atoms with Crippen molar-refractivity contribution in [3.8, 4) is 0 Å². The van der Waals surface area contributed by atoms with Crippen LogP contribution < -0.4 is 10.6 Å². The number of carboxylic acids is 2. The number of aryl methyl sites for hydroxylation is 1. The van der Waals surface area contributed by atoms with E-state index in [1.807, 2.05) is 5.32 Å². The van der Waals surface area contributed by atoms with Crippen LogP contribution in [-0.4, -0.2) is 34.2 Å². The maximum absolute atomic E-state index is 11.7. The Morgan fingerprint density at radius 1 is 1.19 bits per heavy atom. The molecule has 0 spiro atoms. The molecule has 0 aliphatic carbocycles. The molecule has 0 aliphatic rings. The van der Waals surface area contributed by atoms with Gasteiger partial charge in [-0.1, -0.05) is 23.2 Å². The molecule has 0 heterocycles. The van der Waals surface area contributed by atoms with Gasteiger partial charge in [0.2, 0.25) is 0 Å². The summed E-state index contributed by atoms with van der Waals surface area (Å²) in [6, 6.07) is 0.490. The van der Waals surface area contributed by atoms with Crippen LogP contribution in [0.25, 0.3) is 0 Å². The van der Waals surface area contributed by atoms with Crippen LogP contribution in [0.5, 0.6) is 0 Å². The third kappa shape index (κ3) is 5.13. The fourth-order valence-corrected chi connectivity index (χ4v) is 1.86. The molecule has 0 saturated carbocycles. The minimum absolute atomic E-state index is 0.184. The van der Waals surface area contributed by atoms with Crippen LogP contribution in [0.4, 0.5) is 10.5 Å². The van der Waals surface area contributed by atoms with Crippen LogP contribution in [0.3, 0.4) is 0 Å². The number of urea groups is 1. The van der Waals surface area contributed by atoms with Crippen LogP contribution >= 0.6 is 23.2 Å². The van der Waals surface area contributed by atoms with Crippen molar-refractivity contribution < 1.29 is 24.6 Å². The van der Waals surface area contributed by atoms with Crippen LogP contribution in [0, 0.1) is 6.92 Å². The van der Waals surface area contributed by atoms with Crippen molar-refractivity contribution in [2.24, 2.45) is 0 Å². The molecule has 0 aromatic heterocycles. The molecule has 1 atom stereocenters. The number of nitrogens with one attached hydrogen (secondary N) is 2. The summed E-state index contributed by atoms with van der Waals surface area (Å²) < 4.78 is 0. The molecule has 1 rings (SSSR count). The first-order valence-corrected chi connectivity index (χ1v) is 6.44. The number of anilines is 1. The number of amides is 2. The van der Waals surface area contributed by atoms with E-state index in [1.54, 1.807) is 6.92 Å². The molecule has 114 valence electrons. The lowest BCUT2D eigenvalue weighted by molar-refractivity contribution is -0.145. The van der Waals surface area contributed by atoms with Gasteiger partial charge in [-0.3, -0.25) is 4.79 Å². The normalized spacial score (nSPS) is 11.6. The van der Waals surface area contributed by atoms with Crippen LogP contribution in [-0.2, 0) is 9.59 Å². The summed E-state index contributed by atoms with van der Waals surface area (Å²) in [6.45, 7) is 1.73. The minimum atomic E-state index is -1.55. The van der Waals surface area contributed by atoms with E-state index in [-0.39, 0.29) is 10.7 Å². The van der Waals surface area contributed by atoms with Crippen molar-refractivity contribution in [2.45, 2.75) is 19.4 Å². The lowest BCUT2D eigenvalue weighted by Gasteiger charge is -2.14. The second kappa shape index (κ2) is 7.14. The molecule has 0 saturated heterocycles. The summed E-state index contributed by atoms with van der Waals surface area (Å²) in [7, 11) is 0. The Hall–Kier alpha value is -1.99. The highest BCUT2D eigenvalue weighted by molar-refractivity contribution is 6.36. The van der Waals surface area contributed by atoms with E-state index in [1.165, 1.54) is 12.1 Å². The fourth-order valence-electron chi connectivity index (χ4n) is 1.43. The van der Waals surface area contributed by atoms with E-state index in [0.29, 0.717) is 10.6 Å². The third-order valence-electron chi connectivity index (χ3n) is 2.48. The Kier molecular flexibility index (Phi) is 5.80. The summed E-state index contributed by atoms with van der Waals surface area (Å²) in [4.78, 5) is 33.0. The molecule has 0 unspecified atom stereocenters. The minimum Gasteiger partial charge on any atom is -0.481 e. The highest BCUT2D eigenvalue weighted by atomic mass is 35.5. The van der Waals surface area contributed by atoms with E-state index in [0.717, 1.165) is 0 Å². The fraction of sp³-hybridized carbons (Fsp3) is 0.250. The third-order valence-corrected chi connectivity index (χ3v) is 3.20. The van der Waals surface area contributed by atoms with Gasteiger partial charge in [0, 0.05) is 5.02 Å². The number of benzene rings is 1. The number of rotatable bonds is 5. The average molecular weight is 335 g/mol. The molecule has 0 bridgehead atoms. The summed E-state index contributed by atoms with van der Waals surface area (Å²) in [6.07, 6.45) is -0.745. The molecule has 2 amide bonds. The van der Waals surface area contributed by atoms with Crippen molar-refractivity contribution in [1.29, 1.82) is 0 Å². The van der Waals surface area contributed by atoms with Gasteiger partial charge in [0.25, 0.3) is 0 Å². The Morgan fingerprint density at radius 3 is 2.33 bits per heavy atom. The molecule has 0 radical (unpaired) electrons. The van der Waals surface area contributed by atoms with E-state index in [4.69, 9.17) is 33.4 Å². The van der Waals surface area contributed by atoms with Crippen molar-refractivity contribution in [3.05, 3.63) is 27.7 Å². The molecule has 4 N–H and O–H groups in total. The molecule has 7 nitrogen and oxygen atoms in total. The SMILES string of the molecule is Cc1cc(Cl)c(NC(=O)N[C@H](CC(=O)O)C(=O)O)cc1Cl. The van der Waals surface area contributed by atoms with E-state index >= 15 is 0 Å². The van der Waals surface area contributed by atoms with Gasteiger partial charge in [0.1, 0.15) is 6.04 Å². The lowest BCUT2D eigenvalue weighted by atomic mass is 10.2. The van der Waals surface area contributed by atoms with E-state index in [2.05, 4.69) is 5.32 Å². The molecule has 0 aliphatic heterocycles. The zero-order valence-electron chi connectivity index (χ0n) is 10.8. The van der Waals surface area contributed by atoms with Crippen LogP contribution in [0.1, 0.15) is 12.0 Å². The predicted molar refractivity (Wildman–Crippen MR) is 77.0 cm³/mol. The van der Waals surface area contributed by atoms with Gasteiger partial charge >= 0.3 is 18.0 Å². The molecular formula is C12H12Cl2N2O5. The van der Waals surface area contributed by atoms with Gasteiger partial charge in [-0.05, 0) is 24.6 Å². The highest BCUT2D eigenvalue weighted by Crippen LogP contribution is 2.28. The first-order chi connectivity index (χ1) is 9.70. The zero-order valence-corrected chi connectivity index (χ0v) is 12.3. The second-order valence-corrected chi connectivity index (χ2v) is 4.98. The van der Waals surface area contributed by atoms with Gasteiger partial charge < -0.3 is 20.8 Å². The smallest absolute Gasteiger partial charge is 0.326 e. The number of carbonyl (C=O) groups excluding carboxylic acids is 1. The van der Waals surface area contributed by atoms with Crippen LogP contribution in [0.15, 0.2) is 12.1 Å². The van der Waals surface area contributed by atoms with Crippen molar-refractivity contribution in [3.63, 3.8) is 0 Å². The monoisotopic (exact) mass is 334 g/mol. The number of carboxylic acid groups (broad SMARTS) is 2. The van der Waals surface area contributed by atoms with Crippen molar-refractivity contribution in [2.75, 3.05) is 5.32 Å².